The van der Waals surface area contributed by atoms with Gasteiger partial charge in [0.15, 0.2) is 0 Å². The lowest BCUT2D eigenvalue weighted by molar-refractivity contribution is 0.669. The van der Waals surface area contributed by atoms with Crippen molar-refractivity contribution >= 4 is 43.7 Å². The quantitative estimate of drug-likeness (QED) is 0.236. The number of benzene rings is 6. The van der Waals surface area contributed by atoms with E-state index >= 15 is 0 Å². The van der Waals surface area contributed by atoms with Crippen LogP contribution >= 0.6 is 0 Å². The second-order valence-corrected chi connectivity index (χ2v) is 10.2. The molecule has 0 spiro atoms. The fourth-order valence-corrected chi connectivity index (χ4v) is 6.05. The summed E-state index contributed by atoms with van der Waals surface area (Å²) in [4.78, 5) is 0. The van der Waals surface area contributed by atoms with E-state index < -0.39 is 0 Å². The number of rotatable bonds is 4. The van der Waals surface area contributed by atoms with Crippen molar-refractivity contribution in [1.82, 2.24) is 4.57 Å². The molecular formula is C37H25NO. The maximum Gasteiger partial charge on any atom is 0.135 e. The third-order valence-corrected chi connectivity index (χ3v) is 7.85. The molecule has 0 radical (unpaired) electrons. The summed E-state index contributed by atoms with van der Waals surface area (Å²) in [6, 6.07) is 49.9. The summed E-state index contributed by atoms with van der Waals surface area (Å²) >= 11 is 0. The smallest absolute Gasteiger partial charge is 0.135 e. The number of furan rings is 1. The van der Waals surface area contributed by atoms with Crippen LogP contribution in [-0.2, 0) is 6.42 Å². The van der Waals surface area contributed by atoms with Gasteiger partial charge in [-0.2, -0.15) is 0 Å². The number of nitrogens with zero attached hydrogens (tertiary/aromatic N) is 1. The van der Waals surface area contributed by atoms with E-state index in [1.54, 1.807) is 0 Å². The molecule has 2 nitrogen and oxygen atoms in total. The van der Waals surface area contributed by atoms with Crippen LogP contribution in [0.3, 0.4) is 0 Å². The Labute approximate surface area is 226 Å². The lowest BCUT2D eigenvalue weighted by Gasteiger charge is -2.11. The van der Waals surface area contributed by atoms with Gasteiger partial charge in [-0.05, 0) is 77.2 Å². The fraction of sp³-hybridized carbons (Fsp3) is 0.0270. The van der Waals surface area contributed by atoms with E-state index in [1.807, 2.05) is 12.1 Å². The van der Waals surface area contributed by atoms with E-state index in [0.29, 0.717) is 0 Å². The summed E-state index contributed by atoms with van der Waals surface area (Å²) in [6.07, 6.45) is 0.857. The lowest BCUT2D eigenvalue weighted by Crippen LogP contribution is -1.94. The molecule has 8 aromatic rings. The van der Waals surface area contributed by atoms with Gasteiger partial charge in [-0.15, -0.1) is 0 Å². The van der Waals surface area contributed by atoms with E-state index in [1.165, 1.54) is 60.5 Å². The predicted octanol–water partition coefficient (Wildman–Crippen LogP) is 9.94. The van der Waals surface area contributed by atoms with Crippen molar-refractivity contribution in [3.05, 3.63) is 151 Å². The molecule has 0 fully saturated rings. The molecule has 0 aliphatic heterocycles. The van der Waals surface area contributed by atoms with E-state index in [9.17, 15) is 0 Å². The molecule has 0 N–H and O–H groups in total. The molecule has 0 aliphatic rings. The first-order valence-corrected chi connectivity index (χ1v) is 13.4. The molecule has 184 valence electrons. The zero-order valence-electron chi connectivity index (χ0n) is 21.3. The molecule has 0 atom stereocenters. The molecule has 0 amide bonds. The minimum Gasteiger partial charge on any atom is -0.456 e. The Morgan fingerprint density at radius 1 is 0.487 bits per heavy atom. The highest BCUT2D eigenvalue weighted by Crippen LogP contribution is 2.36. The van der Waals surface area contributed by atoms with Crippen LogP contribution in [0.15, 0.2) is 144 Å². The Morgan fingerprint density at radius 2 is 1.21 bits per heavy atom. The first-order valence-electron chi connectivity index (χ1n) is 13.4. The second-order valence-electron chi connectivity index (χ2n) is 10.2. The summed E-state index contributed by atoms with van der Waals surface area (Å²) in [5.41, 5.74) is 10.6. The Kier molecular flexibility index (Phi) is 4.92. The molecule has 2 heteroatoms. The summed E-state index contributed by atoms with van der Waals surface area (Å²) in [6.45, 7) is 0. The van der Waals surface area contributed by atoms with Crippen molar-refractivity contribution in [3.8, 4) is 16.8 Å². The zero-order valence-corrected chi connectivity index (χ0v) is 21.3. The third-order valence-electron chi connectivity index (χ3n) is 7.85. The Balaban J connectivity index is 1.25. The van der Waals surface area contributed by atoms with E-state index in [4.69, 9.17) is 4.42 Å². The molecule has 0 unspecified atom stereocenters. The second kappa shape index (κ2) is 8.75. The number of para-hydroxylation sites is 3. The summed E-state index contributed by atoms with van der Waals surface area (Å²) in [7, 11) is 0. The number of fused-ring (bicyclic) bond motifs is 6. The standard InChI is InChI=1S/C37H25NO/c1-2-11-28(12-3-1)38-34-16-8-6-14-30(34)32-24-27(19-20-35(32)38)29-13-5-4-10-26(29)22-25-18-21-37-33(23-25)31-15-7-9-17-36(31)39-37/h1-21,23-24H,22H2. The largest absolute Gasteiger partial charge is 0.456 e. The molecule has 2 heterocycles. The fourth-order valence-electron chi connectivity index (χ4n) is 6.05. The Bertz CT molecular complexity index is 2150. The van der Waals surface area contributed by atoms with Crippen molar-refractivity contribution in [2.45, 2.75) is 6.42 Å². The van der Waals surface area contributed by atoms with Gasteiger partial charge >= 0.3 is 0 Å². The molecule has 0 saturated heterocycles. The van der Waals surface area contributed by atoms with E-state index in [0.717, 1.165) is 17.6 Å². The van der Waals surface area contributed by atoms with Crippen LogP contribution in [0, 0.1) is 0 Å². The van der Waals surface area contributed by atoms with Crippen LogP contribution in [0.5, 0.6) is 0 Å². The molecule has 39 heavy (non-hydrogen) atoms. The minimum absolute atomic E-state index is 0.857. The maximum atomic E-state index is 6.06. The van der Waals surface area contributed by atoms with Crippen molar-refractivity contribution in [2.24, 2.45) is 0 Å². The van der Waals surface area contributed by atoms with Gasteiger partial charge in [0.2, 0.25) is 0 Å². The van der Waals surface area contributed by atoms with Crippen LogP contribution in [-0.4, -0.2) is 4.57 Å². The third kappa shape index (κ3) is 3.57. The first-order chi connectivity index (χ1) is 19.3. The highest BCUT2D eigenvalue weighted by atomic mass is 16.3. The summed E-state index contributed by atoms with van der Waals surface area (Å²) in [5, 5.41) is 4.89. The van der Waals surface area contributed by atoms with E-state index in [-0.39, 0.29) is 0 Å². The first kappa shape index (κ1) is 22.0. The summed E-state index contributed by atoms with van der Waals surface area (Å²) in [5.74, 6) is 0. The highest BCUT2D eigenvalue weighted by Gasteiger charge is 2.14. The number of hydrogen-bond acceptors (Lipinski definition) is 1. The average Bonchev–Trinajstić information content (AvgIpc) is 3.53. The van der Waals surface area contributed by atoms with Crippen LogP contribution in [0.2, 0.25) is 0 Å². The van der Waals surface area contributed by atoms with Gasteiger partial charge in [-0.3, -0.25) is 0 Å². The van der Waals surface area contributed by atoms with Gasteiger partial charge in [0.25, 0.3) is 0 Å². The van der Waals surface area contributed by atoms with Crippen molar-refractivity contribution in [2.75, 3.05) is 0 Å². The number of hydrogen-bond donors (Lipinski definition) is 0. The molecule has 0 saturated carbocycles. The van der Waals surface area contributed by atoms with Gasteiger partial charge in [0, 0.05) is 27.2 Å². The van der Waals surface area contributed by atoms with Crippen LogP contribution in [0.1, 0.15) is 11.1 Å². The topological polar surface area (TPSA) is 18.1 Å². The predicted molar refractivity (Wildman–Crippen MR) is 163 cm³/mol. The van der Waals surface area contributed by atoms with Gasteiger partial charge in [0.05, 0.1) is 11.0 Å². The van der Waals surface area contributed by atoms with E-state index in [2.05, 4.69) is 132 Å². The number of aromatic nitrogens is 1. The normalized spacial score (nSPS) is 11.7. The Morgan fingerprint density at radius 3 is 2.13 bits per heavy atom. The van der Waals surface area contributed by atoms with Crippen molar-refractivity contribution < 1.29 is 4.42 Å². The lowest BCUT2D eigenvalue weighted by atomic mass is 9.93. The van der Waals surface area contributed by atoms with Crippen molar-refractivity contribution in [1.29, 1.82) is 0 Å². The highest BCUT2D eigenvalue weighted by molar-refractivity contribution is 6.10. The summed E-state index contributed by atoms with van der Waals surface area (Å²) < 4.78 is 8.42. The minimum atomic E-state index is 0.857. The molecule has 2 aromatic heterocycles. The Hall–Kier alpha value is -5.08. The molecule has 6 aromatic carbocycles. The zero-order chi connectivity index (χ0) is 25.8. The van der Waals surface area contributed by atoms with Crippen molar-refractivity contribution in [3.63, 3.8) is 0 Å². The molecular weight excluding hydrogens is 474 g/mol. The van der Waals surface area contributed by atoms with Gasteiger partial charge < -0.3 is 8.98 Å². The monoisotopic (exact) mass is 499 g/mol. The van der Waals surface area contributed by atoms with Gasteiger partial charge in [-0.1, -0.05) is 91.0 Å². The van der Waals surface area contributed by atoms with Crippen LogP contribution in [0.4, 0.5) is 0 Å². The maximum absolute atomic E-state index is 6.06. The average molecular weight is 500 g/mol. The van der Waals surface area contributed by atoms with Crippen LogP contribution < -0.4 is 0 Å². The molecule has 0 aliphatic carbocycles. The van der Waals surface area contributed by atoms with Crippen LogP contribution in [0.25, 0.3) is 60.6 Å². The van der Waals surface area contributed by atoms with Gasteiger partial charge in [-0.25, -0.2) is 0 Å². The molecule has 0 bridgehead atoms. The SMILES string of the molecule is c1ccc(-n2c3ccccc3c3cc(-c4ccccc4Cc4ccc5oc6ccccc6c5c4)ccc32)cc1. The molecule has 8 rings (SSSR count). The van der Waals surface area contributed by atoms with Gasteiger partial charge in [0.1, 0.15) is 11.2 Å².